The Morgan fingerprint density at radius 2 is 1.62 bits per heavy atom. The normalized spacial score (nSPS) is 25.2. The van der Waals surface area contributed by atoms with Crippen molar-refractivity contribution in [2.75, 3.05) is 13.2 Å². The molecule has 0 radical (unpaired) electrons. The Labute approximate surface area is 170 Å². The third kappa shape index (κ3) is 3.00. The molecule has 1 unspecified atom stereocenters. The molecule has 2 aromatic rings. The third-order valence-electron chi connectivity index (χ3n) is 7.02. The van der Waals surface area contributed by atoms with Crippen LogP contribution in [0.5, 0.6) is 0 Å². The number of amides is 1. The van der Waals surface area contributed by atoms with Crippen LogP contribution >= 0.6 is 0 Å². The highest BCUT2D eigenvalue weighted by Crippen LogP contribution is 2.45. The molecule has 2 aliphatic carbocycles. The molecular weight excluding hydrogens is 366 g/mol. The molecule has 0 aromatic heterocycles. The number of rotatable bonds is 3. The Morgan fingerprint density at radius 1 is 0.966 bits per heavy atom. The number of carboxylic acid groups (broad SMARTS) is 1. The summed E-state index contributed by atoms with van der Waals surface area (Å²) in [6.07, 6.45) is 2.95. The summed E-state index contributed by atoms with van der Waals surface area (Å²) in [6, 6.07) is 16.6. The quantitative estimate of drug-likeness (QED) is 0.836. The van der Waals surface area contributed by atoms with Gasteiger partial charge in [0.15, 0.2) is 0 Å². The molecule has 3 atom stereocenters. The van der Waals surface area contributed by atoms with Gasteiger partial charge in [-0.2, -0.15) is 0 Å². The van der Waals surface area contributed by atoms with Crippen molar-refractivity contribution >= 4 is 12.1 Å². The molecule has 1 saturated carbocycles. The number of nitrogens with zero attached hydrogens (tertiary/aromatic N) is 1. The Bertz CT molecular complexity index is 910. The molecule has 29 heavy (non-hydrogen) atoms. The molecular formula is C24H25NO4. The van der Waals surface area contributed by atoms with Gasteiger partial charge in [0.1, 0.15) is 6.61 Å². The molecule has 3 aliphatic rings. The van der Waals surface area contributed by atoms with Crippen LogP contribution in [-0.2, 0) is 9.53 Å². The molecule has 1 saturated heterocycles. The van der Waals surface area contributed by atoms with E-state index in [0.29, 0.717) is 19.6 Å². The van der Waals surface area contributed by atoms with Crippen LogP contribution < -0.4 is 0 Å². The zero-order valence-corrected chi connectivity index (χ0v) is 16.3. The van der Waals surface area contributed by atoms with Gasteiger partial charge in [-0.25, -0.2) is 4.79 Å². The number of ether oxygens (including phenoxy) is 1. The van der Waals surface area contributed by atoms with Crippen LogP contribution in [0.4, 0.5) is 4.79 Å². The molecule has 1 amide bonds. The summed E-state index contributed by atoms with van der Waals surface area (Å²) >= 11 is 0. The summed E-state index contributed by atoms with van der Waals surface area (Å²) in [7, 11) is 0. The van der Waals surface area contributed by atoms with E-state index < -0.39 is 5.97 Å². The lowest BCUT2D eigenvalue weighted by Gasteiger charge is -2.40. The fourth-order valence-electron chi connectivity index (χ4n) is 5.69. The molecule has 1 N–H and O–H groups in total. The van der Waals surface area contributed by atoms with Crippen LogP contribution in [0.1, 0.15) is 42.7 Å². The van der Waals surface area contributed by atoms with Crippen molar-refractivity contribution in [3.8, 4) is 11.1 Å². The molecule has 150 valence electrons. The van der Waals surface area contributed by atoms with Crippen molar-refractivity contribution in [2.45, 2.75) is 37.6 Å². The minimum Gasteiger partial charge on any atom is -0.481 e. The second-order valence-electron chi connectivity index (χ2n) is 8.39. The second-order valence-corrected chi connectivity index (χ2v) is 8.39. The Hall–Kier alpha value is -2.82. The van der Waals surface area contributed by atoms with Crippen LogP contribution in [-0.4, -0.2) is 41.3 Å². The summed E-state index contributed by atoms with van der Waals surface area (Å²) in [4.78, 5) is 26.3. The molecule has 2 aromatic carbocycles. The maximum atomic E-state index is 13.0. The van der Waals surface area contributed by atoms with Crippen molar-refractivity contribution in [3.05, 3.63) is 59.7 Å². The molecule has 5 nitrogen and oxygen atoms in total. The van der Waals surface area contributed by atoms with Gasteiger partial charge in [0, 0.05) is 18.5 Å². The van der Waals surface area contributed by atoms with Crippen LogP contribution in [0.15, 0.2) is 48.5 Å². The van der Waals surface area contributed by atoms with Crippen molar-refractivity contribution in [2.24, 2.45) is 11.8 Å². The van der Waals surface area contributed by atoms with Gasteiger partial charge in [-0.1, -0.05) is 55.0 Å². The van der Waals surface area contributed by atoms with E-state index in [2.05, 4.69) is 24.3 Å². The van der Waals surface area contributed by atoms with Crippen LogP contribution in [0.25, 0.3) is 11.1 Å². The molecule has 0 spiro atoms. The van der Waals surface area contributed by atoms with E-state index in [-0.39, 0.29) is 29.9 Å². The zero-order chi connectivity index (χ0) is 20.0. The molecule has 1 aliphatic heterocycles. The van der Waals surface area contributed by atoms with Crippen LogP contribution in [0.2, 0.25) is 0 Å². The minimum atomic E-state index is -0.728. The first kappa shape index (κ1) is 18.2. The van der Waals surface area contributed by atoms with E-state index in [9.17, 15) is 14.7 Å². The van der Waals surface area contributed by atoms with Gasteiger partial charge >= 0.3 is 12.1 Å². The Balaban J connectivity index is 1.32. The van der Waals surface area contributed by atoms with Gasteiger partial charge in [0.05, 0.1) is 5.92 Å². The highest BCUT2D eigenvalue weighted by atomic mass is 16.6. The van der Waals surface area contributed by atoms with Gasteiger partial charge in [-0.05, 0) is 47.4 Å². The Morgan fingerprint density at radius 3 is 2.28 bits per heavy atom. The molecule has 0 bridgehead atoms. The van der Waals surface area contributed by atoms with E-state index in [0.717, 1.165) is 19.3 Å². The molecule has 1 heterocycles. The average molecular weight is 391 g/mol. The summed E-state index contributed by atoms with van der Waals surface area (Å²) < 4.78 is 5.82. The maximum absolute atomic E-state index is 13.0. The topological polar surface area (TPSA) is 66.8 Å². The number of carbonyl (C=O) groups excluding carboxylic acids is 1. The van der Waals surface area contributed by atoms with Crippen molar-refractivity contribution in [1.29, 1.82) is 0 Å². The summed E-state index contributed by atoms with van der Waals surface area (Å²) in [6.45, 7) is 0.776. The zero-order valence-electron chi connectivity index (χ0n) is 16.3. The number of aliphatic carboxylic acids is 1. The summed E-state index contributed by atoms with van der Waals surface area (Å²) in [5.74, 6) is -0.960. The van der Waals surface area contributed by atoms with Crippen molar-refractivity contribution < 1.29 is 19.4 Å². The van der Waals surface area contributed by atoms with Crippen LogP contribution in [0, 0.1) is 11.8 Å². The van der Waals surface area contributed by atoms with Gasteiger partial charge in [0.25, 0.3) is 0 Å². The lowest BCUT2D eigenvalue weighted by atomic mass is 9.81. The van der Waals surface area contributed by atoms with Gasteiger partial charge in [-0.15, -0.1) is 0 Å². The largest absolute Gasteiger partial charge is 0.481 e. The van der Waals surface area contributed by atoms with Gasteiger partial charge in [0.2, 0.25) is 0 Å². The van der Waals surface area contributed by atoms with Crippen molar-refractivity contribution in [1.82, 2.24) is 4.90 Å². The predicted molar refractivity (Wildman–Crippen MR) is 109 cm³/mol. The number of likely N-dealkylation sites (tertiary alicyclic amines) is 1. The number of benzene rings is 2. The standard InChI is InChI=1S/C24H25NO4/c26-23(27)20-12-13-25(22-11-5-10-19(20)22)24(28)29-14-21-17-8-3-1-6-15(17)16-7-2-4-9-18(16)21/h1-4,6-9,19-22H,5,10-14H2,(H,26,27)/t19-,20?,22-/m1/s1. The van der Waals surface area contributed by atoms with Crippen LogP contribution in [0.3, 0.4) is 0 Å². The first-order valence-corrected chi connectivity index (χ1v) is 10.5. The fourth-order valence-corrected chi connectivity index (χ4v) is 5.69. The Kier molecular flexibility index (Phi) is 4.53. The molecule has 5 heteroatoms. The monoisotopic (exact) mass is 391 g/mol. The number of fused-ring (bicyclic) bond motifs is 4. The molecule has 2 fully saturated rings. The number of carbonyl (C=O) groups is 2. The van der Waals surface area contributed by atoms with E-state index in [1.165, 1.54) is 22.3 Å². The minimum absolute atomic E-state index is 0.000463. The lowest BCUT2D eigenvalue weighted by Crippen LogP contribution is -2.51. The van der Waals surface area contributed by atoms with Gasteiger partial charge in [-0.3, -0.25) is 4.79 Å². The molecule has 5 rings (SSSR count). The highest BCUT2D eigenvalue weighted by molar-refractivity contribution is 5.79. The number of hydrogen-bond donors (Lipinski definition) is 1. The van der Waals surface area contributed by atoms with Gasteiger partial charge < -0.3 is 14.7 Å². The SMILES string of the molecule is O=C(O)C1CCN(C(=O)OCC2c3ccccc3-c3ccccc32)[C@@H]2CCC[C@H]12. The van der Waals surface area contributed by atoms with E-state index >= 15 is 0 Å². The van der Waals surface area contributed by atoms with Crippen molar-refractivity contribution in [3.63, 3.8) is 0 Å². The first-order chi connectivity index (χ1) is 14.1. The number of piperidine rings is 1. The number of carboxylic acids is 1. The number of hydrogen-bond acceptors (Lipinski definition) is 3. The maximum Gasteiger partial charge on any atom is 0.410 e. The summed E-state index contributed by atoms with van der Waals surface area (Å²) in [5.41, 5.74) is 4.82. The smallest absolute Gasteiger partial charge is 0.410 e. The van der Waals surface area contributed by atoms with E-state index in [4.69, 9.17) is 4.74 Å². The average Bonchev–Trinajstić information content (AvgIpc) is 3.34. The first-order valence-electron chi connectivity index (χ1n) is 10.5. The van der Waals surface area contributed by atoms with E-state index in [1.807, 2.05) is 24.3 Å². The second kappa shape index (κ2) is 7.21. The predicted octanol–water partition coefficient (Wildman–Crippen LogP) is 4.51. The fraction of sp³-hybridized carbons (Fsp3) is 0.417. The third-order valence-corrected chi connectivity index (χ3v) is 7.02. The van der Waals surface area contributed by atoms with E-state index in [1.54, 1.807) is 4.90 Å². The summed E-state index contributed by atoms with van der Waals surface area (Å²) in [5, 5.41) is 9.51. The lowest BCUT2D eigenvalue weighted by molar-refractivity contribution is -0.146. The highest BCUT2D eigenvalue weighted by Gasteiger charge is 2.46.